The van der Waals surface area contributed by atoms with Crippen molar-refractivity contribution in [1.29, 1.82) is 5.26 Å². The topological polar surface area (TPSA) is 69.3 Å². The number of carbonyl (C=O) groups is 1. The van der Waals surface area contributed by atoms with Crippen molar-refractivity contribution in [2.45, 2.75) is 13.1 Å². The Balaban J connectivity index is 2.32. The molecule has 1 aromatic rings. The van der Waals surface area contributed by atoms with Crippen molar-refractivity contribution in [2.75, 3.05) is 6.54 Å². The molecule has 72 valence electrons. The van der Waals surface area contributed by atoms with Gasteiger partial charge < -0.3 is 14.6 Å². The van der Waals surface area contributed by atoms with E-state index in [9.17, 15) is 4.79 Å². The Labute approximate surface area is 80.8 Å². The number of nitrogens with zero attached hydrogens (tertiary/aromatic N) is 3. The van der Waals surface area contributed by atoms with Crippen molar-refractivity contribution in [3.63, 3.8) is 0 Å². The second-order valence-corrected chi connectivity index (χ2v) is 3.19. The Hall–Kier alpha value is -1.96. The molecule has 2 heterocycles. The SMILES string of the molecule is N#Cc1ccn2c1CN(C(=O)O)CC2. The third-order valence-electron chi connectivity index (χ3n) is 2.42. The first-order valence-electron chi connectivity index (χ1n) is 4.28. The van der Waals surface area contributed by atoms with Gasteiger partial charge in [-0.25, -0.2) is 4.79 Å². The van der Waals surface area contributed by atoms with Gasteiger partial charge in [0.1, 0.15) is 6.07 Å². The molecule has 14 heavy (non-hydrogen) atoms. The van der Waals surface area contributed by atoms with E-state index in [2.05, 4.69) is 6.07 Å². The van der Waals surface area contributed by atoms with Crippen LogP contribution in [0.4, 0.5) is 4.79 Å². The number of amides is 1. The van der Waals surface area contributed by atoms with Crippen LogP contribution in [-0.2, 0) is 13.1 Å². The number of hydrogen-bond donors (Lipinski definition) is 1. The highest BCUT2D eigenvalue weighted by atomic mass is 16.4. The summed E-state index contributed by atoms with van der Waals surface area (Å²) in [6.45, 7) is 1.43. The van der Waals surface area contributed by atoms with Gasteiger partial charge in [-0.15, -0.1) is 0 Å². The quantitative estimate of drug-likeness (QED) is 0.661. The number of aromatic nitrogens is 1. The Morgan fingerprint density at radius 1 is 1.57 bits per heavy atom. The highest BCUT2D eigenvalue weighted by molar-refractivity contribution is 5.65. The van der Waals surface area contributed by atoms with Crippen LogP contribution in [-0.4, -0.2) is 27.2 Å². The Bertz CT molecular complexity index is 416. The Morgan fingerprint density at radius 2 is 2.36 bits per heavy atom. The first-order valence-corrected chi connectivity index (χ1v) is 4.28. The minimum atomic E-state index is -0.929. The molecule has 0 aliphatic carbocycles. The molecule has 0 bridgehead atoms. The standard InChI is InChI=1S/C9H9N3O2/c10-5-7-1-2-11-3-4-12(9(13)14)6-8(7)11/h1-2H,3-4,6H2,(H,13,14). The van der Waals surface area contributed by atoms with E-state index in [1.165, 1.54) is 4.90 Å². The smallest absolute Gasteiger partial charge is 0.407 e. The maximum Gasteiger partial charge on any atom is 0.407 e. The van der Waals surface area contributed by atoms with Gasteiger partial charge in [0.2, 0.25) is 0 Å². The molecule has 0 radical (unpaired) electrons. The molecule has 0 saturated carbocycles. The van der Waals surface area contributed by atoms with Crippen molar-refractivity contribution >= 4 is 6.09 Å². The van der Waals surface area contributed by atoms with Gasteiger partial charge in [-0.05, 0) is 6.07 Å². The molecule has 1 aliphatic heterocycles. The highest BCUT2D eigenvalue weighted by Crippen LogP contribution is 2.17. The average molecular weight is 191 g/mol. The van der Waals surface area contributed by atoms with Gasteiger partial charge in [-0.3, -0.25) is 0 Å². The molecule has 5 heteroatoms. The van der Waals surface area contributed by atoms with Crippen molar-refractivity contribution in [2.24, 2.45) is 0 Å². The van der Waals surface area contributed by atoms with Crippen molar-refractivity contribution in [1.82, 2.24) is 9.47 Å². The molecule has 1 aromatic heterocycles. The lowest BCUT2D eigenvalue weighted by atomic mass is 10.2. The summed E-state index contributed by atoms with van der Waals surface area (Å²) < 4.78 is 1.93. The van der Waals surface area contributed by atoms with Gasteiger partial charge in [0, 0.05) is 19.3 Å². The maximum absolute atomic E-state index is 10.7. The molecule has 0 atom stereocenters. The molecule has 2 rings (SSSR count). The van der Waals surface area contributed by atoms with Crippen molar-refractivity contribution in [3.8, 4) is 6.07 Å². The van der Waals surface area contributed by atoms with Crippen molar-refractivity contribution in [3.05, 3.63) is 23.5 Å². The third kappa shape index (κ3) is 1.21. The lowest BCUT2D eigenvalue weighted by Crippen LogP contribution is -2.37. The highest BCUT2D eigenvalue weighted by Gasteiger charge is 2.21. The van der Waals surface area contributed by atoms with Crippen molar-refractivity contribution < 1.29 is 9.90 Å². The molecule has 0 unspecified atom stereocenters. The van der Waals surface area contributed by atoms with Crippen LogP contribution in [0.15, 0.2) is 12.3 Å². The lowest BCUT2D eigenvalue weighted by Gasteiger charge is -2.26. The zero-order valence-electron chi connectivity index (χ0n) is 7.47. The number of carboxylic acid groups (broad SMARTS) is 1. The molecule has 1 N–H and O–H groups in total. The summed E-state index contributed by atoms with van der Waals surface area (Å²) in [5, 5.41) is 17.6. The van der Waals surface area contributed by atoms with Crippen LogP contribution in [0.2, 0.25) is 0 Å². The minimum Gasteiger partial charge on any atom is -0.465 e. The zero-order chi connectivity index (χ0) is 10.1. The second kappa shape index (κ2) is 3.07. The molecule has 1 aliphatic rings. The lowest BCUT2D eigenvalue weighted by molar-refractivity contribution is 0.132. The van der Waals surface area contributed by atoms with E-state index >= 15 is 0 Å². The first kappa shape index (κ1) is 8.63. The van der Waals surface area contributed by atoms with E-state index < -0.39 is 6.09 Å². The summed E-state index contributed by atoms with van der Waals surface area (Å²) in [4.78, 5) is 12.0. The van der Waals surface area contributed by atoms with Crippen LogP contribution < -0.4 is 0 Å². The van der Waals surface area contributed by atoms with E-state index in [0.29, 0.717) is 25.2 Å². The Kier molecular flexibility index (Phi) is 1.89. The minimum absolute atomic E-state index is 0.311. The van der Waals surface area contributed by atoms with Gasteiger partial charge in [0.05, 0.1) is 17.8 Å². The first-order chi connectivity index (χ1) is 6.72. The molecule has 0 spiro atoms. The normalized spacial score (nSPS) is 14.6. The predicted octanol–water partition coefficient (Wildman–Crippen LogP) is 0.853. The van der Waals surface area contributed by atoms with E-state index in [0.717, 1.165) is 5.69 Å². The summed E-state index contributed by atoms with van der Waals surface area (Å²) >= 11 is 0. The van der Waals surface area contributed by atoms with Gasteiger partial charge >= 0.3 is 6.09 Å². The van der Waals surface area contributed by atoms with Gasteiger partial charge in [0.25, 0.3) is 0 Å². The van der Waals surface area contributed by atoms with Crippen LogP contribution in [0.25, 0.3) is 0 Å². The molecule has 5 nitrogen and oxygen atoms in total. The Morgan fingerprint density at radius 3 is 3.00 bits per heavy atom. The van der Waals surface area contributed by atoms with Crippen LogP contribution in [0.1, 0.15) is 11.3 Å². The maximum atomic E-state index is 10.7. The largest absolute Gasteiger partial charge is 0.465 e. The fraction of sp³-hybridized carbons (Fsp3) is 0.333. The summed E-state index contributed by atoms with van der Waals surface area (Å²) in [6, 6.07) is 3.78. The second-order valence-electron chi connectivity index (χ2n) is 3.19. The fourth-order valence-corrected chi connectivity index (χ4v) is 1.64. The van der Waals surface area contributed by atoms with E-state index in [1.54, 1.807) is 6.07 Å². The fourth-order valence-electron chi connectivity index (χ4n) is 1.64. The zero-order valence-corrected chi connectivity index (χ0v) is 7.47. The summed E-state index contributed by atoms with van der Waals surface area (Å²) in [7, 11) is 0. The average Bonchev–Trinajstić information content (AvgIpc) is 2.59. The third-order valence-corrected chi connectivity index (χ3v) is 2.42. The molecule has 1 amide bonds. The van der Waals surface area contributed by atoms with Crippen LogP contribution >= 0.6 is 0 Å². The number of nitriles is 1. The molecular formula is C9H9N3O2. The van der Waals surface area contributed by atoms with Gasteiger partial charge in [-0.2, -0.15) is 5.26 Å². The summed E-state index contributed by atoms with van der Waals surface area (Å²) in [6.07, 6.45) is 0.897. The monoisotopic (exact) mass is 191 g/mol. The molecule has 0 fully saturated rings. The van der Waals surface area contributed by atoms with Gasteiger partial charge in [-0.1, -0.05) is 0 Å². The number of fused-ring (bicyclic) bond motifs is 1. The van der Waals surface area contributed by atoms with E-state index in [4.69, 9.17) is 10.4 Å². The molecule has 0 aromatic carbocycles. The van der Waals surface area contributed by atoms with E-state index in [-0.39, 0.29) is 0 Å². The molecular weight excluding hydrogens is 182 g/mol. The van der Waals surface area contributed by atoms with E-state index in [1.807, 2.05) is 10.8 Å². The van der Waals surface area contributed by atoms with Crippen LogP contribution in [0.3, 0.4) is 0 Å². The van der Waals surface area contributed by atoms with Crippen LogP contribution in [0.5, 0.6) is 0 Å². The number of rotatable bonds is 0. The van der Waals surface area contributed by atoms with Crippen LogP contribution in [0, 0.1) is 11.3 Å². The van der Waals surface area contributed by atoms with Gasteiger partial charge in [0.15, 0.2) is 0 Å². The summed E-state index contributed by atoms with van der Waals surface area (Å²) in [5.41, 5.74) is 1.36. The molecule has 0 saturated heterocycles. The number of hydrogen-bond acceptors (Lipinski definition) is 2. The predicted molar refractivity (Wildman–Crippen MR) is 47.6 cm³/mol. The summed E-state index contributed by atoms with van der Waals surface area (Å²) in [5.74, 6) is 0.